The van der Waals surface area contributed by atoms with E-state index in [0.29, 0.717) is 38.2 Å². The van der Waals surface area contributed by atoms with Gasteiger partial charge in [-0.3, -0.25) is 9.59 Å². The predicted molar refractivity (Wildman–Crippen MR) is 145 cm³/mol. The Hall–Kier alpha value is -3.80. The fourth-order valence-electron chi connectivity index (χ4n) is 4.01. The van der Waals surface area contributed by atoms with Gasteiger partial charge >= 0.3 is 0 Å². The maximum absolute atomic E-state index is 13.6. The standard InChI is InChI=1S/C28H25N3O3S2/c1-17-7-4-5-8-22(17)31-27(33)25-18(2)30-28(36-16-23(32)24-9-6-14-35-24)21(15-29)26(25)19-10-12-20(34-3)13-11-19/h4-14,26,30H,16H2,1-3H3,(H,31,33)/t26-/m0/s1. The van der Waals surface area contributed by atoms with Gasteiger partial charge in [0.25, 0.3) is 5.91 Å². The van der Waals surface area contributed by atoms with Crippen LogP contribution in [0, 0.1) is 18.3 Å². The number of aryl methyl sites for hydroxylation is 1. The number of Topliss-reactive ketones (excluding diaryl/α,β-unsaturated/α-hetero) is 1. The first-order chi connectivity index (χ1) is 17.4. The number of allylic oxidation sites excluding steroid dienone is 2. The van der Waals surface area contributed by atoms with Gasteiger partial charge in [0.1, 0.15) is 5.75 Å². The molecule has 0 spiro atoms. The molecule has 6 nitrogen and oxygen atoms in total. The van der Waals surface area contributed by atoms with Crippen molar-refractivity contribution in [2.45, 2.75) is 19.8 Å². The van der Waals surface area contributed by atoms with E-state index in [4.69, 9.17) is 4.74 Å². The highest BCUT2D eigenvalue weighted by Crippen LogP contribution is 2.41. The minimum absolute atomic E-state index is 0.00712. The molecule has 1 atom stereocenters. The first kappa shape index (κ1) is 25.3. The normalized spacial score (nSPS) is 15.2. The van der Waals surface area contributed by atoms with Gasteiger partial charge in [-0.1, -0.05) is 48.2 Å². The molecule has 0 fully saturated rings. The van der Waals surface area contributed by atoms with Gasteiger partial charge < -0.3 is 15.4 Å². The van der Waals surface area contributed by atoms with E-state index in [1.54, 1.807) is 13.2 Å². The zero-order chi connectivity index (χ0) is 25.7. The number of nitrogens with one attached hydrogen (secondary N) is 2. The number of rotatable bonds is 8. The molecule has 2 heterocycles. The Morgan fingerprint density at radius 2 is 1.86 bits per heavy atom. The topological polar surface area (TPSA) is 91.2 Å². The van der Waals surface area contributed by atoms with Gasteiger partial charge in [-0.15, -0.1) is 11.3 Å². The van der Waals surface area contributed by atoms with Crippen LogP contribution in [0.1, 0.15) is 33.6 Å². The minimum Gasteiger partial charge on any atom is -0.497 e. The summed E-state index contributed by atoms with van der Waals surface area (Å²) in [5.74, 6) is -0.0428. The van der Waals surface area contributed by atoms with Gasteiger partial charge in [-0.05, 0) is 54.6 Å². The number of carbonyl (C=O) groups is 2. The van der Waals surface area contributed by atoms with Gasteiger partial charge in [0.2, 0.25) is 0 Å². The molecular weight excluding hydrogens is 490 g/mol. The van der Waals surface area contributed by atoms with Crippen molar-refractivity contribution in [3.8, 4) is 11.8 Å². The Bertz CT molecular complexity index is 1380. The first-order valence-corrected chi connectivity index (χ1v) is 13.1. The highest BCUT2D eigenvalue weighted by atomic mass is 32.2. The molecule has 2 aromatic carbocycles. The van der Waals surface area contributed by atoms with E-state index >= 15 is 0 Å². The van der Waals surface area contributed by atoms with E-state index in [1.807, 2.05) is 73.8 Å². The number of amides is 1. The van der Waals surface area contributed by atoms with Crippen LogP contribution in [0.4, 0.5) is 5.69 Å². The maximum Gasteiger partial charge on any atom is 0.254 e. The summed E-state index contributed by atoms with van der Waals surface area (Å²) >= 11 is 2.67. The van der Waals surface area contributed by atoms with E-state index in [9.17, 15) is 14.9 Å². The molecule has 0 aliphatic carbocycles. The summed E-state index contributed by atoms with van der Waals surface area (Å²) in [5, 5.41) is 18.9. The Morgan fingerprint density at radius 1 is 1.11 bits per heavy atom. The number of methoxy groups -OCH3 is 1. The number of hydrogen-bond acceptors (Lipinski definition) is 7. The van der Waals surface area contributed by atoms with E-state index in [1.165, 1.54) is 23.1 Å². The SMILES string of the molecule is COc1ccc([C@H]2C(C#N)=C(SCC(=O)c3cccs3)NC(C)=C2C(=O)Nc2ccccc2C)cc1. The van der Waals surface area contributed by atoms with Gasteiger partial charge in [-0.2, -0.15) is 5.26 Å². The van der Waals surface area contributed by atoms with Crippen LogP contribution in [0.15, 0.2) is 87.9 Å². The number of para-hydroxylation sites is 1. The van der Waals surface area contributed by atoms with Crippen molar-refractivity contribution in [3.63, 3.8) is 0 Å². The minimum atomic E-state index is -0.606. The number of thioether (sulfide) groups is 1. The van der Waals surface area contributed by atoms with Crippen LogP contribution >= 0.6 is 23.1 Å². The molecule has 1 amide bonds. The van der Waals surface area contributed by atoms with Crippen LogP contribution in [-0.4, -0.2) is 24.6 Å². The fraction of sp³-hybridized carbons (Fsp3) is 0.179. The molecule has 0 radical (unpaired) electrons. The lowest BCUT2D eigenvalue weighted by Crippen LogP contribution is -2.31. The predicted octanol–water partition coefficient (Wildman–Crippen LogP) is 6.02. The summed E-state index contributed by atoms with van der Waals surface area (Å²) in [4.78, 5) is 26.9. The van der Waals surface area contributed by atoms with E-state index in [-0.39, 0.29) is 17.4 Å². The number of nitriles is 1. The second-order valence-corrected chi connectivity index (χ2v) is 10.1. The van der Waals surface area contributed by atoms with Gasteiger partial charge in [0.15, 0.2) is 5.78 Å². The molecule has 4 rings (SSSR count). The second-order valence-electron chi connectivity index (χ2n) is 8.18. The third-order valence-corrected chi connectivity index (χ3v) is 7.81. The summed E-state index contributed by atoms with van der Waals surface area (Å²) in [6.45, 7) is 3.75. The number of benzene rings is 2. The lowest BCUT2D eigenvalue weighted by atomic mass is 9.82. The van der Waals surface area contributed by atoms with Crippen LogP contribution in [0.2, 0.25) is 0 Å². The molecule has 8 heteroatoms. The molecule has 0 saturated heterocycles. The van der Waals surface area contributed by atoms with Gasteiger partial charge in [0.05, 0.1) is 40.3 Å². The Kier molecular flexibility index (Phi) is 7.93. The third-order valence-electron chi connectivity index (χ3n) is 5.88. The van der Waals surface area contributed by atoms with Gasteiger partial charge in [0, 0.05) is 17.0 Å². The second kappa shape index (κ2) is 11.3. The van der Waals surface area contributed by atoms with Crippen LogP contribution in [0.25, 0.3) is 0 Å². The van der Waals surface area contributed by atoms with Crippen molar-refractivity contribution in [3.05, 3.63) is 104 Å². The monoisotopic (exact) mass is 515 g/mol. The molecule has 0 bridgehead atoms. The zero-order valence-corrected chi connectivity index (χ0v) is 21.8. The van der Waals surface area contributed by atoms with Crippen LogP contribution in [0.5, 0.6) is 5.75 Å². The largest absolute Gasteiger partial charge is 0.497 e. The van der Waals surface area contributed by atoms with Crippen LogP contribution in [0.3, 0.4) is 0 Å². The molecule has 182 valence electrons. The number of ketones is 1. The highest BCUT2D eigenvalue weighted by molar-refractivity contribution is 8.03. The maximum atomic E-state index is 13.6. The van der Waals surface area contributed by atoms with Crippen molar-refractivity contribution in [2.24, 2.45) is 0 Å². The van der Waals surface area contributed by atoms with Crippen LogP contribution < -0.4 is 15.4 Å². The molecule has 36 heavy (non-hydrogen) atoms. The molecule has 1 aliphatic heterocycles. The molecule has 2 N–H and O–H groups in total. The molecule has 0 unspecified atom stereocenters. The fourth-order valence-corrected chi connectivity index (χ4v) is 5.74. The smallest absolute Gasteiger partial charge is 0.254 e. The van der Waals surface area contributed by atoms with E-state index in [2.05, 4.69) is 16.7 Å². The molecule has 3 aromatic rings. The third kappa shape index (κ3) is 5.38. The quantitative estimate of drug-likeness (QED) is 0.357. The average molecular weight is 516 g/mol. The summed E-state index contributed by atoms with van der Waals surface area (Å²) in [6, 6.07) is 20.8. The van der Waals surface area contributed by atoms with Crippen molar-refractivity contribution >= 4 is 40.5 Å². The lowest BCUT2D eigenvalue weighted by molar-refractivity contribution is -0.113. The van der Waals surface area contributed by atoms with E-state index < -0.39 is 5.92 Å². The van der Waals surface area contributed by atoms with Crippen molar-refractivity contribution < 1.29 is 14.3 Å². The summed E-state index contributed by atoms with van der Waals surface area (Å²) in [7, 11) is 1.59. The molecule has 1 aromatic heterocycles. The number of dihydropyridines is 1. The summed E-state index contributed by atoms with van der Waals surface area (Å²) < 4.78 is 5.30. The van der Waals surface area contributed by atoms with Crippen molar-refractivity contribution in [1.29, 1.82) is 5.26 Å². The molecule has 0 saturated carbocycles. The van der Waals surface area contributed by atoms with Gasteiger partial charge in [-0.25, -0.2) is 0 Å². The average Bonchev–Trinajstić information content (AvgIpc) is 3.43. The Balaban J connectivity index is 1.71. The number of hydrogen-bond donors (Lipinski definition) is 2. The van der Waals surface area contributed by atoms with E-state index in [0.717, 1.165) is 11.1 Å². The number of carbonyl (C=O) groups excluding carboxylic acids is 2. The number of ether oxygens (including phenoxy) is 1. The summed E-state index contributed by atoms with van der Waals surface area (Å²) in [5.41, 5.74) is 3.91. The Labute approximate surface area is 218 Å². The molecule has 1 aliphatic rings. The zero-order valence-electron chi connectivity index (χ0n) is 20.1. The van der Waals surface area contributed by atoms with Crippen LogP contribution in [-0.2, 0) is 4.79 Å². The molecular formula is C28H25N3O3S2. The van der Waals surface area contributed by atoms with Crippen molar-refractivity contribution in [1.82, 2.24) is 5.32 Å². The number of thiophene rings is 1. The highest BCUT2D eigenvalue weighted by Gasteiger charge is 2.35. The number of nitrogens with zero attached hydrogens (tertiary/aromatic N) is 1. The van der Waals surface area contributed by atoms with Crippen molar-refractivity contribution in [2.75, 3.05) is 18.2 Å². The lowest BCUT2D eigenvalue weighted by Gasteiger charge is -2.30. The first-order valence-electron chi connectivity index (χ1n) is 11.3. The summed E-state index contributed by atoms with van der Waals surface area (Å²) in [6.07, 6.45) is 0. The number of anilines is 1. The Morgan fingerprint density at radius 3 is 2.50 bits per heavy atom.